The second-order valence-corrected chi connectivity index (χ2v) is 4.71. The van der Waals surface area contributed by atoms with Gasteiger partial charge >= 0.3 is 5.97 Å². The summed E-state index contributed by atoms with van der Waals surface area (Å²) in [5, 5.41) is 12.3. The Balaban J connectivity index is 1.70. The molecule has 3 rings (SSSR count). The van der Waals surface area contributed by atoms with Gasteiger partial charge in [0.15, 0.2) is 11.5 Å². The number of rotatable bonds is 3. The maximum Gasteiger partial charge on any atom is 0.358 e. The zero-order valence-corrected chi connectivity index (χ0v) is 10.4. The van der Waals surface area contributed by atoms with Crippen molar-refractivity contribution in [1.29, 1.82) is 0 Å². The summed E-state index contributed by atoms with van der Waals surface area (Å²) in [6.45, 7) is 2.40. The molecule has 0 spiro atoms. The fraction of sp³-hybridized carbons (Fsp3) is 0.286. The van der Waals surface area contributed by atoms with Gasteiger partial charge in [-0.2, -0.15) is 0 Å². The van der Waals surface area contributed by atoms with Crippen LogP contribution in [0, 0.1) is 0 Å². The maximum absolute atomic E-state index is 10.7. The van der Waals surface area contributed by atoms with Gasteiger partial charge in [-0.05, 0) is 17.5 Å². The molecular formula is C14H14N2O3. The first-order valence-corrected chi connectivity index (χ1v) is 6.20. The first kappa shape index (κ1) is 11.9. The van der Waals surface area contributed by atoms with Gasteiger partial charge in [0.25, 0.3) is 0 Å². The highest BCUT2D eigenvalue weighted by Gasteiger charge is 2.18. The number of carbonyl (C=O) groups is 1. The highest BCUT2D eigenvalue weighted by molar-refractivity contribution is 5.85. The lowest BCUT2D eigenvalue weighted by molar-refractivity contribution is 0.0685. The summed E-state index contributed by atoms with van der Waals surface area (Å²) in [6, 6.07) is 9.88. The predicted molar refractivity (Wildman–Crippen MR) is 67.7 cm³/mol. The van der Waals surface area contributed by atoms with Crippen LogP contribution in [0.2, 0.25) is 0 Å². The topological polar surface area (TPSA) is 66.6 Å². The Morgan fingerprint density at radius 3 is 2.89 bits per heavy atom. The van der Waals surface area contributed by atoms with Crippen LogP contribution in [0.25, 0.3) is 0 Å². The Bertz CT molecular complexity index is 606. The quantitative estimate of drug-likeness (QED) is 0.911. The number of nitrogens with zero attached hydrogens (tertiary/aromatic N) is 2. The van der Waals surface area contributed by atoms with E-state index in [-0.39, 0.29) is 5.69 Å². The lowest BCUT2D eigenvalue weighted by atomic mass is 10.00. The number of fused-ring (bicyclic) bond motifs is 1. The maximum atomic E-state index is 10.7. The molecule has 19 heavy (non-hydrogen) atoms. The van der Waals surface area contributed by atoms with Gasteiger partial charge in [-0.25, -0.2) is 4.79 Å². The van der Waals surface area contributed by atoms with E-state index in [0.29, 0.717) is 12.3 Å². The van der Waals surface area contributed by atoms with E-state index >= 15 is 0 Å². The van der Waals surface area contributed by atoms with Crippen molar-refractivity contribution in [3.05, 3.63) is 52.9 Å². The fourth-order valence-electron chi connectivity index (χ4n) is 2.40. The Labute approximate surface area is 110 Å². The highest BCUT2D eigenvalue weighted by atomic mass is 16.5. The molecule has 0 atom stereocenters. The van der Waals surface area contributed by atoms with E-state index in [9.17, 15) is 4.79 Å². The van der Waals surface area contributed by atoms with Gasteiger partial charge < -0.3 is 9.63 Å². The number of hydrogen-bond donors (Lipinski definition) is 1. The van der Waals surface area contributed by atoms with Gasteiger partial charge in [-0.3, -0.25) is 4.90 Å². The SMILES string of the molecule is O=C(O)c1cc(CN2CCc3ccccc3C2)on1. The minimum atomic E-state index is -1.06. The molecule has 0 radical (unpaired) electrons. The molecule has 1 aromatic carbocycles. The molecule has 1 N–H and O–H groups in total. The molecule has 0 unspecified atom stereocenters. The molecule has 2 heterocycles. The van der Waals surface area contributed by atoms with Crippen molar-refractivity contribution < 1.29 is 14.4 Å². The van der Waals surface area contributed by atoms with Crippen molar-refractivity contribution in [1.82, 2.24) is 10.1 Å². The van der Waals surface area contributed by atoms with Gasteiger partial charge in [0.1, 0.15) is 0 Å². The molecule has 0 saturated carbocycles. The molecule has 1 aliphatic heterocycles. The molecule has 1 aliphatic rings. The molecule has 0 aliphatic carbocycles. The molecule has 0 fully saturated rings. The Morgan fingerprint density at radius 2 is 2.16 bits per heavy atom. The van der Waals surface area contributed by atoms with Crippen molar-refractivity contribution in [2.45, 2.75) is 19.5 Å². The van der Waals surface area contributed by atoms with Gasteiger partial charge in [0.2, 0.25) is 0 Å². The fourth-order valence-corrected chi connectivity index (χ4v) is 2.40. The summed E-state index contributed by atoms with van der Waals surface area (Å²) in [4.78, 5) is 13.0. The number of hydrogen-bond acceptors (Lipinski definition) is 4. The zero-order valence-electron chi connectivity index (χ0n) is 10.4. The summed E-state index contributed by atoms with van der Waals surface area (Å²) in [5.41, 5.74) is 2.68. The second kappa shape index (κ2) is 4.85. The normalized spacial score (nSPS) is 15.2. The smallest absolute Gasteiger partial charge is 0.358 e. The number of carboxylic acid groups (broad SMARTS) is 1. The lowest BCUT2D eigenvalue weighted by Gasteiger charge is -2.27. The molecule has 0 saturated heterocycles. The third-order valence-electron chi connectivity index (χ3n) is 3.37. The van der Waals surface area contributed by atoms with Crippen molar-refractivity contribution in [2.24, 2.45) is 0 Å². The molecule has 2 aromatic rings. The van der Waals surface area contributed by atoms with Crippen LogP contribution in [0.1, 0.15) is 27.4 Å². The zero-order chi connectivity index (χ0) is 13.2. The summed E-state index contributed by atoms with van der Waals surface area (Å²) >= 11 is 0. The minimum absolute atomic E-state index is 0.0348. The van der Waals surface area contributed by atoms with Crippen LogP contribution in [0.5, 0.6) is 0 Å². The van der Waals surface area contributed by atoms with Crippen LogP contribution in [-0.2, 0) is 19.5 Å². The van der Waals surface area contributed by atoms with Gasteiger partial charge in [-0.15, -0.1) is 0 Å². The Kier molecular flexibility index (Phi) is 3.05. The first-order valence-electron chi connectivity index (χ1n) is 6.20. The molecule has 0 amide bonds. The number of aromatic nitrogens is 1. The van der Waals surface area contributed by atoms with E-state index in [1.807, 2.05) is 6.07 Å². The summed E-state index contributed by atoms with van der Waals surface area (Å²) in [6.07, 6.45) is 1.01. The van der Waals surface area contributed by atoms with Gasteiger partial charge in [-0.1, -0.05) is 29.4 Å². The molecular weight excluding hydrogens is 244 g/mol. The minimum Gasteiger partial charge on any atom is -0.476 e. The van der Waals surface area contributed by atoms with E-state index in [4.69, 9.17) is 9.63 Å². The van der Waals surface area contributed by atoms with Gasteiger partial charge in [0, 0.05) is 19.2 Å². The van der Waals surface area contributed by atoms with Crippen LogP contribution in [0.15, 0.2) is 34.9 Å². The second-order valence-electron chi connectivity index (χ2n) is 4.71. The largest absolute Gasteiger partial charge is 0.476 e. The van der Waals surface area contributed by atoms with Crippen LogP contribution >= 0.6 is 0 Å². The van der Waals surface area contributed by atoms with Crippen molar-refractivity contribution in [2.75, 3.05) is 6.54 Å². The van der Waals surface area contributed by atoms with E-state index in [0.717, 1.165) is 19.5 Å². The summed E-state index contributed by atoms with van der Waals surface area (Å²) < 4.78 is 5.04. The lowest BCUT2D eigenvalue weighted by Crippen LogP contribution is -2.29. The average Bonchev–Trinajstić information content (AvgIpc) is 2.87. The monoisotopic (exact) mass is 258 g/mol. The van der Waals surface area contributed by atoms with Gasteiger partial charge in [0.05, 0.1) is 6.54 Å². The summed E-state index contributed by atoms with van der Waals surface area (Å²) in [7, 11) is 0. The van der Waals surface area contributed by atoms with Crippen LogP contribution in [-0.4, -0.2) is 27.7 Å². The van der Waals surface area contributed by atoms with Crippen LogP contribution in [0.3, 0.4) is 0 Å². The molecule has 1 aromatic heterocycles. The van der Waals surface area contributed by atoms with E-state index in [2.05, 4.69) is 28.3 Å². The Hall–Kier alpha value is -2.14. The van der Waals surface area contributed by atoms with Crippen molar-refractivity contribution in [3.8, 4) is 0 Å². The number of aromatic carboxylic acids is 1. The predicted octanol–water partition coefficient (Wildman–Crippen LogP) is 1.93. The number of benzene rings is 1. The molecule has 0 bridgehead atoms. The molecule has 98 valence electrons. The third-order valence-corrected chi connectivity index (χ3v) is 3.37. The standard InChI is InChI=1S/C14H14N2O3/c17-14(18)13-7-12(19-15-13)9-16-6-5-10-3-1-2-4-11(10)8-16/h1-4,7H,5-6,8-9H2,(H,17,18). The average molecular weight is 258 g/mol. The van der Waals surface area contributed by atoms with Crippen LogP contribution < -0.4 is 0 Å². The highest BCUT2D eigenvalue weighted by Crippen LogP contribution is 2.20. The van der Waals surface area contributed by atoms with Crippen LogP contribution in [0.4, 0.5) is 0 Å². The van der Waals surface area contributed by atoms with E-state index in [1.165, 1.54) is 17.2 Å². The van der Waals surface area contributed by atoms with E-state index in [1.54, 1.807) is 0 Å². The van der Waals surface area contributed by atoms with E-state index < -0.39 is 5.97 Å². The third kappa shape index (κ3) is 2.51. The van der Waals surface area contributed by atoms with Crippen molar-refractivity contribution >= 4 is 5.97 Å². The summed E-state index contributed by atoms with van der Waals surface area (Å²) in [5.74, 6) is -0.462. The first-order chi connectivity index (χ1) is 9.22. The molecule has 5 heteroatoms. The number of carboxylic acids is 1. The Morgan fingerprint density at radius 1 is 1.37 bits per heavy atom. The van der Waals surface area contributed by atoms with Crippen molar-refractivity contribution in [3.63, 3.8) is 0 Å². The molecule has 5 nitrogen and oxygen atoms in total.